The molecule has 1 aliphatic heterocycles. The number of likely N-dealkylation sites (tertiary alicyclic amines) is 1. The lowest BCUT2D eigenvalue weighted by molar-refractivity contribution is -0.165. The molecule has 146 valence electrons. The van der Waals surface area contributed by atoms with E-state index in [1.54, 1.807) is 20.8 Å². The van der Waals surface area contributed by atoms with Gasteiger partial charge in [0.1, 0.15) is 22.7 Å². The summed E-state index contributed by atoms with van der Waals surface area (Å²) in [4.78, 5) is 33.0. The number of esters is 1. The van der Waals surface area contributed by atoms with Gasteiger partial charge in [0.2, 0.25) is 0 Å². The van der Waals surface area contributed by atoms with Gasteiger partial charge in [-0.25, -0.2) is 14.2 Å². The molecule has 3 rings (SSSR count). The molecule has 1 aliphatic rings. The van der Waals surface area contributed by atoms with Gasteiger partial charge in [-0.1, -0.05) is 0 Å². The Hall–Kier alpha value is -2.68. The first-order valence-electron chi connectivity index (χ1n) is 8.66. The SMILES string of the molecule is CC(C)(C)OC(=O)C1(c2nc3ccc(F)cc3[nH]2)CCN(C(=O)O)C(N)C1. The molecule has 27 heavy (non-hydrogen) atoms. The molecule has 1 saturated heterocycles. The van der Waals surface area contributed by atoms with Gasteiger partial charge in [-0.15, -0.1) is 0 Å². The zero-order chi connectivity index (χ0) is 20.0. The van der Waals surface area contributed by atoms with Crippen LogP contribution in [0.5, 0.6) is 0 Å². The molecule has 4 N–H and O–H groups in total. The number of piperidine rings is 1. The Balaban J connectivity index is 2.07. The Kier molecular flexibility index (Phi) is 4.59. The second kappa shape index (κ2) is 6.49. The number of benzene rings is 1. The van der Waals surface area contributed by atoms with Gasteiger partial charge < -0.3 is 20.6 Å². The van der Waals surface area contributed by atoms with Crippen molar-refractivity contribution in [2.24, 2.45) is 5.73 Å². The number of fused-ring (bicyclic) bond motifs is 1. The largest absolute Gasteiger partial charge is 0.465 e. The number of amides is 1. The van der Waals surface area contributed by atoms with Crippen LogP contribution in [0, 0.1) is 5.82 Å². The lowest BCUT2D eigenvalue weighted by Crippen LogP contribution is -2.58. The van der Waals surface area contributed by atoms with Gasteiger partial charge in [-0.3, -0.25) is 9.69 Å². The van der Waals surface area contributed by atoms with E-state index in [1.807, 2.05) is 0 Å². The zero-order valence-corrected chi connectivity index (χ0v) is 15.5. The Morgan fingerprint density at radius 3 is 2.74 bits per heavy atom. The summed E-state index contributed by atoms with van der Waals surface area (Å²) in [6.45, 7) is 5.30. The molecule has 1 amide bonds. The molecule has 0 radical (unpaired) electrons. The number of H-pyrrole nitrogens is 1. The quantitative estimate of drug-likeness (QED) is 0.690. The van der Waals surface area contributed by atoms with Crippen molar-refractivity contribution < 1.29 is 23.8 Å². The molecule has 2 atom stereocenters. The number of rotatable bonds is 2. The molecule has 2 aromatic rings. The number of aromatic amines is 1. The third kappa shape index (κ3) is 3.59. The van der Waals surface area contributed by atoms with Crippen LogP contribution in [0.3, 0.4) is 0 Å². The van der Waals surface area contributed by atoms with Crippen LogP contribution in [0.15, 0.2) is 18.2 Å². The maximum absolute atomic E-state index is 13.5. The molecule has 0 saturated carbocycles. The zero-order valence-electron chi connectivity index (χ0n) is 15.5. The van der Waals surface area contributed by atoms with E-state index in [-0.39, 0.29) is 19.4 Å². The third-order valence-corrected chi connectivity index (χ3v) is 4.67. The fourth-order valence-electron chi connectivity index (χ4n) is 3.37. The first kappa shape index (κ1) is 19.1. The van der Waals surface area contributed by atoms with Crippen molar-refractivity contribution in [2.45, 2.75) is 50.8 Å². The standard InChI is InChI=1S/C18H23FN4O4/c1-17(2,3)27-15(24)18(6-7-23(16(25)26)13(20)9-18)14-21-11-5-4-10(19)8-12(11)22-14/h4-5,8,13H,6-7,9,20H2,1-3H3,(H,21,22)(H,25,26). The summed E-state index contributed by atoms with van der Waals surface area (Å²) < 4.78 is 19.1. The summed E-state index contributed by atoms with van der Waals surface area (Å²) in [6, 6.07) is 4.09. The summed E-state index contributed by atoms with van der Waals surface area (Å²) >= 11 is 0. The van der Waals surface area contributed by atoms with Crippen molar-refractivity contribution in [3.8, 4) is 0 Å². The minimum Gasteiger partial charge on any atom is -0.465 e. The number of aromatic nitrogens is 2. The Bertz CT molecular complexity index is 891. The van der Waals surface area contributed by atoms with Crippen LogP contribution >= 0.6 is 0 Å². The predicted octanol–water partition coefficient (Wildman–Crippen LogP) is 2.34. The van der Waals surface area contributed by atoms with Gasteiger partial charge in [0.15, 0.2) is 0 Å². The molecular weight excluding hydrogens is 355 g/mol. The predicted molar refractivity (Wildman–Crippen MR) is 95.5 cm³/mol. The van der Waals surface area contributed by atoms with E-state index in [0.717, 1.165) is 4.90 Å². The monoisotopic (exact) mass is 378 g/mol. The lowest BCUT2D eigenvalue weighted by atomic mass is 9.76. The molecule has 9 heteroatoms. The summed E-state index contributed by atoms with van der Waals surface area (Å²) in [5, 5.41) is 9.28. The van der Waals surface area contributed by atoms with Crippen LogP contribution in [-0.4, -0.2) is 50.3 Å². The van der Waals surface area contributed by atoms with Crippen LogP contribution in [0.4, 0.5) is 9.18 Å². The smallest absolute Gasteiger partial charge is 0.408 e. The summed E-state index contributed by atoms with van der Waals surface area (Å²) in [5.41, 5.74) is 5.02. The number of hydrogen-bond donors (Lipinski definition) is 3. The summed E-state index contributed by atoms with van der Waals surface area (Å²) in [7, 11) is 0. The highest BCUT2D eigenvalue weighted by atomic mass is 19.1. The molecule has 1 fully saturated rings. The van der Waals surface area contributed by atoms with Crippen molar-refractivity contribution >= 4 is 23.1 Å². The van der Waals surface area contributed by atoms with Gasteiger partial charge in [0.05, 0.1) is 17.2 Å². The van der Waals surface area contributed by atoms with E-state index < -0.39 is 35.1 Å². The Morgan fingerprint density at radius 1 is 1.44 bits per heavy atom. The number of carbonyl (C=O) groups is 2. The number of ether oxygens (including phenoxy) is 1. The fraction of sp³-hybridized carbons (Fsp3) is 0.500. The number of nitrogens with one attached hydrogen (secondary N) is 1. The average molecular weight is 378 g/mol. The first-order chi connectivity index (χ1) is 12.5. The van der Waals surface area contributed by atoms with Gasteiger partial charge in [0, 0.05) is 13.0 Å². The number of nitrogens with zero attached hydrogens (tertiary/aromatic N) is 2. The van der Waals surface area contributed by atoms with E-state index >= 15 is 0 Å². The second-order valence-electron chi connectivity index (χ2n) is 7.83. The fourth-order valence-corrected chi connectivity index (χ4v) is 3.37. The van der Waals surface area contributed by atoms with Gasteiger partial charge >= 0.3 is 12.1 Å². The van der Waals surface area contributed by atoms with Crippen LogP contribution in [0.2, 0.25) is 0 Å². The van der Waals surface area contributed by atoms with E-state index in [9.17, 15) is 19.1 Å². The van der Waals surface area contributed by atoms with Gasteiger partial charge in [-0.2, -0.15) is 0 Å². The van der Waals surface area contributed by atoms with Gasteiger partial charge in [-0.05, 0) is 45.4 Å². The van der Waals surface area contributed by atoms with Crippen LogP contribution < -0.4 is 5.73 Å². The molecule has 0 spiro atoms. The highest BCUT2D eigenvalue weighted by Gasteiger charge is 2.51. The second-order valence-corrected chi connectivity index (χ2v) is 7.83. The molecule has 1 aromatic heterocycles. The lowest BCUT2D eigenvalue weighted by Gasteiger charge is -2.42. The van der Waals surface area contributed by atoms with Crippen molar-refractivity contribution in [1.82, 2.24) is 14.9 Å². The molecule has 1 aromatic carbocycles. The van der Waals surface area contributed by atoms with Crippen molar-refractivity contribution in [1.29, 1.82) is 0 Å². The van der Waals surface area contributed by atoms with E-state index in [0.29, 0.717) is 16.9 Å². The van der Waals surface area contributed by atoms with Gasteiger partial charge in [0.25, 0.3) is 0 Å². The van der Waals surface area contributed by atoms with Crippen LogP contribution in [0.1, 0.15) is 39.4 Å². The number of halogens is 1. The van der Waals surface area contributed by atoms with E-state index in [2.05, 4.69) is 9.97 Å². The first-order valence-corrected chi connectivity index (χ1v) is 8.66. The molecule has 2 heterocycles. The summed E-state index contributed by atoms with van der Waals surface area (Å²) in [5.74, 6) is -0.658. The summed E-state index contributed by atoms with van der Waals surface area (Å²) in [6.07, 6.45) is -1.87. The highest BCUT2D eigenvalue weighted by molar-refractivity contribution is 5.85. The normalized spacial score (nSPS) is 23.4. The minimum atomic E-state index is -1.24. The molecule has 8 nitrogen and oxygen atoms in total. The van der Waals surface area contributed by atoms with Crippen LogP contribution in [-0.2, 0) is 14.9 Å². The van der Waals surface area contributed by atoms with E-state index in [4.69, 9.17) is 10.5 Å². The Labute approximate surface area is 155 Å². The molecule has 0 bridgehead atoms. The van der Waals surface area contributed by atoms with Crippen molar-refractivity contribution in [2.75, 3.05) is 6.54 Å². The number of carbonyl (C=O) groups excluding carboxylic acids is 1. The highest BCUT2D eigenvalue weighted by Crippen LogP contribution is 2.39. The van der Waals surface area contributed by atoms with Crippen molar-refractivity contribution in [3.63, 3.8) is 0 Å². The van der Waals surface area contributed by atoms with Crippen LogP contribution in [0.25, 0.3) is 11.0 Å². The Morgan fingerprint density at radius 2 is 2.15 bits per heavy atom. The minimum absolute atomic E-state index is 0.0104. The number of carboxylic acid groups (broad SMARTS) is 1. The topological polar surface area (TPSA) is 122 Å². The number of nitrogens with two attached hydrogens (primary N) is 1. The maximum atomic E-state index is 13.5. The number of hydrogen-bond acceptors (Lipinski definition) is 5. The van der Waals surface area contributed by atoms with Crippen molar-refractivity contribution in [3.05, 3.63) is 29.8 Å². The third-order valence-electron chi connectivity index (χ3n) is 4.67. The number of imidazole rings is 1. The average Bonchev–Trinajstić information content (AvgIpc) is 2.96. The maximum Gasteiger partial charge on any atom is 0.408 e. The molecule has 2 unspecified atom stereocenters. The molecule has 0 aliphatic carbocycles. The molecular formula is C18H23FN4O4. The van der Waals surface area contributed by atoms with E-state index in [1.165, 1.54) is 18.2 Å².